The summed E-state index contributed by atoms with van der Waals surface area (Å²) in [5, 5.41) is 14.9. The summed E-state index contributed by atoms with van der Waals surface area (Å²) in [4.78, 5) is 69.1. The number of nitrogens with one attached hydrogen (secondary N) is 2. The van der Waals surface area contributed by atoms with Crippen molar-refractivity contribution in [2.75, 3.05) is 36.4 Å². The molecular weight excluding hydrogens is 760 g/mol. The van der Waals surface area contributed by atoms with Crippen molar-refractivity contribution in [1.29, 1.82) is 0 Å². The largest absolute Gasteiger partial charge is 0.352 e. The molecule has 4 aromatic heterocycles. The minimum atomic E-state index is -3.52. The third-order valence-electron chi connectivity index (χ3n) is 10.7. The molecule has 1 saturated carbocycles. The number of nitrogens with zero attached hydrogens (tertiary/aromatic N) is 10. The van der Waals surface area contributed by atoms with Gasteiger partial charge in [0.1, 0.15) is 23.5 Å². The molecule has 57 heavy (non-hydrogen) atoms. The van der Waals surface area contributed by atoms with Crippen LogP contribution >= 0.6 is 0 Å². The van der Waals surface area contributed by atoms with E-state index in [0.29, 0.717) is 62.0 Å². The van der Waals surface area contributed by atoms with Gasteiger partial charge in [0.2, 0.25) is 11.8 Å². The van der Waals surface area contributed by atoms with Crippen LogP contribution in [0.5, 0.6) is 0 Å². The fraction of sp³-hybridized carbons (Fsp3) is 0.378. The third kappa shape index (κ3) is 6.57. The first kappa shape index (κ1) is 36.5. The van der Waals surface area contributed by atoms with Crippen molar-refractivity contribution in [2.45, 2.75) is 63.4 Å². The molecule has 2 saturated heterocycles. The minimum Gasteiger partial charge on any atom is -0.352 e. The van der Waals surface area contributed by atoms with Crippen molar-refractivity contribution >= 4 is 62.0 Å². The standard InChI is InChI=1S/C37H37FN12O6S/c1-20(2)50-29-15-31(42-30-7-8-39-33(43-30)22-16-41-48(19-22)57(55,56)23-3-4-23)40-17-26(29)34(45-50)47-11-9-46(10-12-47)18-21-13-24-25(14-27(21)38)37(54)49(36(24)53)28-5-6-32(51)44-35(28)52/h7-8,13-17,19-20,23,28H,3-6,9-12,18H2,1-2H3,(H,44,51,52)(H,39,40,42,43). The summed E-state index contributed by atoms with van der Waals surface area (Å²) in [6.45, 7) is 6.58. The number of carbonyl (C=O) groups excluding carboxylic acids is 4. The number of benzene rings is 1. The third-order valence-corrected chi connectivity index (χ3v) is 12.7. The first-order valence-electron chi connectivity index (χ1n) is 18.6. The van der Waals surface area contributed by atoms with E-state index in [1.165, 1.54) is 18.5 Å². The summed E-state index contributed by atoms with van der Waals surface area (Å²) in [5.74, 6) is -1.18. The van der Waals surface area contributed by atoms with Crippen LogP contribution in [0.1, 0.15) is 71.9 Å². The molecule has 5 aromatic rings. The highest BCUT2D eigenvalue weighted by Gasteiger charge is 2.45. The van der Waals surface area contributed by atoms with Crippen molar-refractivity contribution in [3.05, 3.63) is 71.6 Å². The lowest BCUT2D eigenvalue weighted by molar-refractivity contribution is -0.136. The first-order chi connectivity index (χ1) is 27.3. The molecule has 7 heterocycles. The van der Waals surface area contributed by atoms with Gasteiger partial charge in [-0.05, 0) is 51.3 Å². The monoisotopic (exact) mass is 796 g/mol. The number of piperazine rings is 1. The number of halogens is 1. The number of hydrogen-bond acceptors (Lipinski definition) is 14. The highest BCUT2D eigenvalue weighted by atomic mass is 32.2. The summed E-state index contributed by atoms with van der Waals surface area (Å²) in [6, 6.07) is 4.95. The van der Waals surface area contributed by atoms with E-state index in [2.05, 4.69) is 40.5 Å². The summed E-state index contributed by atoms with van der Waals surface area (Å²) in [6.07, 6.45) is 7.47. The molecule has 3 fully saturated rings. The number of anilines is 3. The summed E-state index contributed by atoms with van der Waals surface area (Å²) >= 11 is 0. The molecule has 0 bridgehead atoms. The lowest BCUT2D eigenvalue weighted by atomic mass is 10.0. The highest BCUT2D eigenvalue weighted by molar-refractivity contribution is 7.90. The van der Waals surface area contributed by atoms with Gasteiger partial charge in [0, 0.05) is 69.2 Å². The predicted octanol–water partition coefficient (Wildman–Crippen LogP) is 2.61. The summed E-state index contributed by atoms with van der Waals surface area (Å²) < 4.78 is 43.6. The van der Waals surface area contributed by atoms with Gasteiger partial charge in [-0.15, -0.1) is 0 Å². The molecule has 20 heteroatoms. The van der Waals surface area contributed by atoms with Gasteiger partial charge in [0.25, 0.3) is 21.8 Å². The van der Waals surface area contributed by atoms with Crippen LogP contribution in [0.15, 0.2) is 49.1 Å². The molecule has 0 spiro atoms. The van der Waals surface area contributed by atoms with Crippen LogP contribution in [0, 0.1) is 5.82 Å². The Labute approximate surface area is 325 Å². The van der Waals surface area contributed by atoms with E-state index >= 15 is 4.39 Å². The molecule has 294 valence electrons. The van der Waals surface area contributed by atoms with Crippen LogP contribution in [0.25, 0.3) is 22.3 Å². The molecule has 1 aliphatic carbocycles. The van der Waals surface area contributed by atoms with Crippen molar-refractivity contribution in [3.8, 4) is 11.4 Å². The minimum absolute atomic E-state index is 0.00295. The Morgan fingerprint density at radius 3 is 2.42 bits per heavy atom. The van der Waals surface area contributed by atoms with Crippen LogP contribution in [-0.4, -0.2) is 113 Å². The quantitative estimate of drug-likeness (QED) is 0.195. The van der Waals surface area contributed by atoms with Crippen LogP contribution in [0.3, 0.4) is 0 Å². The maximum absolute atomic E-state index is 15.4. The number of rotatable bonds is 10. The fourth-order valence-corrected chi connectivity index (χ4v) is 8.98. The van der Waals surface area contributed by atoms with Crippen LogP contribution in [-0.2, 0) is 26.2 Å². The zero-order valence-corrected chi connectivity index (χ0v) is 31.7. The lowest BCUT2D eigenvalue weighted by Crippen LogP contribution is -2.54. The number of pyridine rings is 1. The van der Waals surface area contributed by atoms with Crippen molar-refractivity contribution in [2.24, 2.45) is 0 Å². The molecule has 1 aromatic carbocycles. The molecule has 4 aliphatic rings. The van der Waals surface area contributed by atoms with Crippen molar-refractivity contribution in [3.63, 3.8) is 0 Å². The van der Waals surface area contributed by atoms with Crippen molar-refractivity contribution < 1.29 is 32.0 Å². The molecule has 4 amide bonds. The molecule has 1 atom stereocenters. The molecular formula is C37H37FN12O6S. The van der Waals surface area contributed by atoms with E-state index in [0.717, 1.165) is 31.8 Å². The number of fused-ring (bicyclic) bond motifs is 2. The highest BCUT2D eigenvalue weighted by Crippen LogP contribution is 2.34. The zero-order valence-electron chi connectivity index (χ0n) is 30.9. The number of piperidine rings is 1. The Morgan fingerprint density at radius 1 is 0.947 bits per heavy atom. The maximum Gasteiger partial charge on any atom is 0.262 e. The first-order valence-corrected chi connectivity index (χ1v) is 20.1. The van der Waals surface area contributed by atoms with Gasteiger partial charge in [0.05, 0.1) is 45.2 Å². The number of amides is 4. The fourth-order valence-electron chi connectivity index (χ4n) is 7.50. The van der Waals surface area contributed by atoms with Crippen molar-refractivity contribution in [1.82, 2.24) is 49.0 Å². The normalized spacial score (nSPS) is 19.2. The summed E-state index contributed by atoms with van der Waals surface area (Å²) in [5.41, 5.74) is 1.53. The van der Waals surface area contributed by atoms with Gasteiger partial charge in [-0.2, -0.15) is 14.3 Å². The predicted molar refractivity (Wildman–Crippen MR) is 202 cm³/mol. The zero-order chi connectivity index (χ0) is 39.7. The maximum atomic E-state index is 15.4. The Hall–Kier alpha value is -6.15. The van der Waals surface area contributed by atoms with Crippen LogP contribution < -0.4 is 15.5 Å². The molecule has 3 aliphatic heterocycles. The SMILES string of the molecule is CC(C)n1nc(N2CCN(Cc3cc4c(cc3F)C(=O)N(C3CCC(=O)NC3=O)C4=O)CC2)c2cnc(Nc3ccnc(-c4cnn(S(=O)(=O)C5CC5)c4)n3)cc21. The Balaban J connectivity index is 0.882. The van der Waals surface area contributed by atoms with E-state index in [-0.39, 0.29) is 42.1 Å². The topological polar surface area (TPSA) is 211 Å². The second-order valence-corrected chi connectivity index (χ2v) is 17.0. The number of carbonyl (C=O) groups is 4. The van der Waals surface area contributed by atoms with Gasteiger partial charge in [-0.1, -0.05) is 0 Å². The van der Waals surface area contributed by atoms with E-state index < -0.39 is 50.8 Å². The second-order valence-electron chi connectivity index (χ2n) is 14.9. The average molecular weight is 797 g/mol. The number of hydrogen-bond donors (Lipinski definition) is 2. The van der Waals surface area contributed by atoms with Gasteiger partial charge >= 0.3 is 0 Å². The second kappa shape index (κ2) is 13.8. The van der Waals surface area contributed by atoms with Crippen LogP contribution in [0.4, 0.5) is 21.8 Å². The number of aromatic nitrogens is 7. The smallest absolute Gasteiger partial charge is 0.262 e. The summed E-state index contributed by atoms with van der Waals surface area (Å²) in [7, 11) is -3.52. The van der Waals surface area contributed by atoms with E-state index in [1.807, 2.05) is 24.6 Å². The molecule has 18 nitrogen and oxygen atoms in total. The van der Waals surface area contributed by atoms with Gasteiger partial charge in [-0.25, -0.2) is 27.8 Å². The lowest BCUT2D eigenvalue weighted by Gasteiger charge is -2.35. The molecule has 9 rings (SSSR count). The van der Waals surface area contributed by atoms with E-state index in [9.17, 15) is 27.6 Å². The van der Waals surface area contributed by atoms with E-state index in [4.69, 9.17) is 5.10 Å². The van der Waals surface area contributed by atoms with Crippen LogP contribution in [0.2, 0.25) is 0 Å². The van der Waals surface area contributed by atoms with Gasteiger partial charge < -0.3 is 10.2 Å². The Bertz CT molecular complexity index is 2610. The molecule has 1 unspecified atom stereocenters. The Kier molecular flexibility index (Phi) is 8.83. The van der Waals surface area contributed by atoms with Gasteiger partial charge in [0.15, 0.2) is 11.6 Å². The Morgan fingerprint density at radius 2 is 1.70 bits per heavy atom. The average Bonchev–Trinajstić information content (AvgIpc) is 3.74. The van der Waals surface area contributed by atoms with Gasteiger partial charge in [-0.3, -0.25) is 39.0 Å². The number of imide groups is 2. The van der Waals surface area contributed by atoms with E-state index in [1.54, 1.807) is 18.5 Å². The molecule has 0 radical (unpaired) electrons. The molecule has 2 N–H and O–H groups in total.